The molecule has 0 unspecified atom stereocenters. The minimum Gasteiger partial charge on any atom is -0.399 e. The third kappa shape index (κ3) is 2.16. The van der Waals surface area contributed by atoms with Gasteiger partial charge in [0.2, 0.25) is 0 Å². The summed E-state index contributed by atoms with van der Waals surface area (Å²) in [7, 11) is 0. The molecule has 84 valence electrons. The van der Waals surface area contributed by atoms with Gasteiger partial charge in [-0.2, -0.15) is 13.2 Å². The average Bonchev–Trinajstić information content (AvgIpc) is 2.67. The minimum absolute atomic E-state index is 0.340. The van der Waals surface area contributed by atoms with Crippen LogP contribution in [-0.2, 0) is 6.18 Å². The van der Waals surface area contributed by atoms with Crippen molar-refractivity contribution in [2.45, 2.75) is 6.18 Å². The molecule has 0 atom stereocenters. The van der Waals surface area contributed by atoms with Gasteiger partial charge in [-0.25, -0.2) is 4.98 Å². The van der Waals surface area contributed by atoms with Crippen molar-refractivity contribution in [3.63, 3.8) is 0 Å². The van der Waals surface area contributed by atoms with Crippen molar-refractivity contribution in [2.24, 2.45) is 0 Å². The SMILES string of the molecule is Nc1ccc(-c2nc(C(F)(F)F)cs2)cc1. The molecule has 0 radical (unpaired) electrons. The first-order chi connectivity index (χ1) is 7.47. The van der Waals surface area contributed by atoms with Gasteiger partial charge in [-0.1, -0.05) is 0 Å². The summed E-state index contributed by atoms with van der Waals surface area (Å²) in [6.45, 7) is 0. The molecule has 0 aliphatic rings. The molecule has 6 heteroatoms. The summed E-state index contributed by atoms with van der Waals surface area (Å²) in [6.07, 6.45) is -4.39. The van der Waals surface area contributed by atoms with E-state index in [-0.39, 0.29) is 0 Å². The van der Waals surface area contributed by atoms with Crippen LogP contribution in [0.4, 0.5) is 18.9 Å². The highest BCUT2D eigenvalue weighted by Gasteiger charge is 2.33. The number of alkyl halides is 3. The predicted molar refractivity (Wildman–Crippen MR) is 57.0 cm³/mol. The highest BCUT2D eigenvalue weighted by molar-refractivity contribution is 7.13. The van der Waals surface area contributed by atoms with Gasteiger partial charge in [0.25, 0.3) is 0 Å². The monoisotopic (exact) mass is 244 g/mol. The summed E-state index contributed by atoms with van der Waals surface area (Å²) in [5.74, 6) is 0. The van der Waals surface area contributed by atoms with Gasteiger partial charge in [0.15, 0.2) is 5.69 Å². The van der Waals surface area contributed by atoms with Gasteiger partial charge in [-0.3, -0.25) is 0 Å². The molecule has 2 rings (SSSR count). The van der Waals surface area contributed by atoms with Crippen LogP contribution in [0.25, 0.3) is 10.6 Å². The molecule has 2 nitrogen and oxygen atoms in total. The number of rotatable bonds is 1. The zero-order chi connectivity index (χ0) is 11.8. The summed E-state index contributed by atoms with van der Waals surface area (Å²) in [4.78, 5) is 3.53. The summed E-state index contributed by atoms with van der Waals surface area (Å²) < 4.78 is 36.9. The minimum atomic E-state index is -4.39. The van der Waals surface area contributed by atoms with E-state index in [9.17, 15) is 13.2 Å². The lowest BCUT2D eigenvalue weighted by Gasteiger charge is -2.00. The third-order valence-corrected chi connectivity index (χ3v) is 2.84. The average molecular weight is 244 g/mol. The van der Waals surface area contributed by atoms with Crippen LogP contribution in [0.2, 0.25) is 0 Å². The van der Waals surface area contributed by atoms with E-state index in [0.717, 1.165) is 16.7 Å². The summed E-state index contributed by atoms with van der Waals surface area (Å²) >= 11 is 0.963. The molecule has 0 bridgehead atoms. The van der Waals surface area contributed by atoms with Crippen LogP contribution in [0.15, 0.2) is 29.6 Å². The number of anilines is 1. The molecule has 1 aromatic heterocycles. The summed E-state index contributed by atoms with van der Waals surface area (Å²) in [6, 6.07) is 6.55. The van der Waals surface area contributed by atoms with Gasteiger partial charge in [0, 0.05) is 16.6 Å². The molecule has 16 heavy (non-hydrogen) atoms. The Bertz CT molecular complexity index is 488. The quantitative estimate of drug-likeness (QED) is 0.781. The molecule has 0 amide bonds. The van der Waals surface area contributed by atoms with Crippen LogP contribution in [0.3, 0.4) is 0 Å². The van der Waals surface area contributed by atoms with Crippen LogP contribution in [0.1, 0.15) is 5.69 Å². The molecular weight excluding hydrogens is 237 g/mol. The molecular formula is C10H7F3N2S. The Balaban J connectivity index is 2.35. The topological polar surface area (TPSA) is 38.9 Å². The van der Waals surface area contributed by atoms with E-state index >= 15 is 0 Å². The smallest absolute Gasteiger partial charge is 0.399 e. The number of hydrogen-bond donors (Lipinski definition) is 1. The number of nitrogens with zero attached hydrogens (tertiary/aromatic N) is 1. The van der Waals surface area contributed by atoms with Crippen molar-refractivity contribution in [3.05, 3.63) is 35.3 Å². The Kier molecular flexibility index (Phi) is 2.59. The zero-order valence-electron chi connectivity index (χ0n) is 7.95. The van der Waals surface area contributed by atoms with E-state index in [0.29, 0.717) is 16.3 Å². The number of thiazole rings is 1. The van der Waals surface area contributed by atoms with Gasteiger partial charge < -0.3 is 5.73 Å². The molecule has 1 aromatic carbocycles. The fraction of sp³-hybridized carbons (Fsp3) is 0.100. The Morgan fingerprint density at radius 1 is 1.12 bits per heavy atom. The van der Waals surface area contributed by atoms with Crippen molar-refractivity contribution in [3.8, 4) is 10.6 Å². The van der Waals surface area contributed by atoms with Crippen molar-refractivity contribution in [1.82, 2.24) is 4.98 Å². The van der Waals surface area contributed by atoms with Gasteiger partial charge >= 0.3 is 6.18 Å². The van der Waals surface area contributed by atoms with E-state index in [2.05, 4.69) is 4.98 Å². The molecule has 0 spiro atoms. The third-order valence-electron chi connectivity index (χ3n) is 1.95. The number of nitrogen functional groups attached to an aromatic ring is 1. The van der Waals surface area contributed by atoms with Gasteiger partial charge in [-0.15, -0.1) is 11.3 Å². The number of nitrogens with two attached hydrogens (primary N) is 1. The lowest BCUT2D eigenvalue weighted by Crippen LogP contribution is -2.04. The second-order valence-corrected chi connectivity index (χ2v) is 4.02. The zero-order valence-corrected chi connectivity index (χ0v) is 8.77. The maximum Gasteiger partial charge on any atom is 0.434 e. The van der Waals surface area contributed by atoms with Gasteiger partial charge in [-0.05, 0) is 24.3 Å². The van der Waals surface area contributed by atoms with Crippen LogP contribution in [-0.4, -0.2) is 4.98 Å². The maximum absolute atomic E-state index is 12.3. The maximum atomic E-state index is 12.3. The van der Waals surface area contributed by atoms with E-state index < -0.39 is 11.9 Å². The van der Waals surface area contributed by atoms with Crippen LogP contribution >= 0.6 is 11.3 Å². The first-order valence-electron chi connectivity index (χ1n) is 4.35. The number of aromatic nitrogens is 1. The highest BCUT2D eigenvalue weighted by atomic mass is 32.1. The first kappa shape index (κ1) is 10.9. The van der Waals surface area contributed by atoms with Crippen LogP contribution in [0, 0.1) is 0 Å². The predicted octanol–water partition coefficient (Wildman–Crippen LogP) is 3.41. The van der Waals surface area contributed by atoms with Crippen molar-refractivity contribution in [1.29, 1.82) is 0 Å². The van der Waals surface area contributed by atoms with Crippen molar-refractivity contribution >= 4 is 17.0 Å². The molecule has 0 aliphatic carbocycles. The molecule has 2 aromatic rings. The Morgan fingerprint density at radius 3 is 2.25 bits per heavy atom. The fourth-order valence-corrected chi connectivity index (χ4v) is 2.00. The van der Waals surface area contributed by atoms with E-state index in [1.54, 1.807) is 24.3 Å². The second kappa shape index (κ2) is 3.79. The number of halogens is 3. The Labute approximate surface area is 93.5 Å². The summed E-state index contributed by atoms with van der Waals surface area (Å²) in [5, 5.41) is 1.35. The molecule has 0 saturated carbocycles. The largest absolute Gasteiger partial charge is 0.434 e. The molecule has 0 fully saturated rings. The van der Waals surface area contributed by atoms with Gasteiger partial charge in [0.05, 0.1) is 0 Å². The first-order valence-corrected chi connectivity index (χ1v) is 5.23. The highest BCUT2D eigenvalue weighted by Crippen LogP contribution is 2.33. The van der Waals surface area contributed by atoms with Crippen LogP contribution in [0.5, 0.6) is 0 Å². The standard InChI is InChI=1S/C10H7F3N2S/c11-10(12,13)8-5-16-9(15-8)6-1-3-7(14)4-2-6/h1-5H,14H2. The Hall–Kier alpha value is -1.56. The lowest BCUT2D eigenvalue weighted by molar-refractivity contribution is -0.140. The molecule has 2 N–H and O–H groups in total. The van der Waals surface area contributed by atoms with Crippen LogP contribution < -0.4 is 5.73 Å². The van der Waals surface area contributed by atoms with E-state index in [1.165, 1.54) is 0 Å². The second-order valence-electron chi connectivity index (χ2n) is 3.16. The van der Waals surface area contributed by atoms with Gasteiger partial charge in [0.1, 0.15) is 5.01 Å². The van der Waals surface area contributed by atoms with E-state index in [4.69, 9.17) is 5.73 Å². The van der Waals surface area contributed by atoms with Crippen molar-refractivity contribution in [2.75, 3.05) is 5.73 Å². The van der Waals surface area contributed by atoms with E-state index in [1.807, 2.05) is 0 Å². The Morgan fingerprint density at radius 2 is 1.75 bits per heavy atom. The number of hydrogen-bond acceptors (Lipinski definition) is 3. The molecule has 0 saturated heterocycles. The molecule has 1 heterocycles. The number of benzene rings is 1. The van der Waals surface area contributed by atoms with Crippen molar-refractivity contribution < 1.29 is 13.2 Å². The summed E-state index contributed by atoms with van der Waals surface area (Å²) in [5.41, 5.74) is 5.83. The lowest BCUT2D eigenvalue weighted by atomic mass is 10.2. The fourth-order valence-electron chi connectivity index (χ4n) is 1.16. The normalized spacial score (nSPS) is 11.7. The molecule has 0 aliphatic heterocycles.